The van der Waals surface area contributed by atoms with Crippen molar-refractivity contribution in [2.75, 3.05) is 17.0 Å². The number of anilines is 2. The molecule has 2 aliphatic rings. The Hall–Kier alpha value is -3.77. The average Bonchev–Trinajstić information content (AvgIpc) is 3.34. The highest BCUT2D eigenvalue weighted by Gasteiger charge is 2.41. The van der Waals surface area contributed by atoms with Gasteiger partial charge in [0, 0.05) is 16.8 Å². The number of nitrogens with zero attached hydrogens (tertiary/aromatic N) is 1. The van der Waals surface area contributed by atoms with Gasteiger partial charge in [0.1, 0.15) is 5.70 Å². The zero-order chi connectivity index (χ0) is 22.4. The lowest BCUT2D eigenvalue weighted by atomic mass is 10.0. The number of halogens is 1. The van der Waals surface area contributed by atoms with E-state index in [-0.39, 0.29) is 18.1 Å². The second-order valence-electron chi connectivity index (χ2n) is 7.61. The van der Waals surface area contributed by atoms with Crippen LogP contribution in [-0.2, 0) is 9.59 Å². The van der Waals surface area contributed by atoms with Gasteiger partial charge in [0.15, 0.2) is 11.5 Å². The number of imide groups is 1. The molecule has 160 valence electrons. The van der Waals surface area contributed by atoms with E-state index < -0.39 is 11.8 Å². The predicted octanol–water partition coefficient (Wildman–Crippen LogP) is 5.08. The van der Waals surface area contributed by atoms with Crippen LogP contribution >= 0.6 is 11.6 Å². The second-order valence-corrected chi connectivity index (χ2v) is 8.05. The van der Waals surface area contributed by atoms with Gasteiger partial charge in [-0.1, -0.05) is 35.9 Å². The Morgan fingerprint density at radius 2 is 1.66 bits per heavy atom. The summed E-state index contributed by atoms with van der Waals surface area (Å²) in [5.41, 5.74) is 4.11. The number of amides is 2. The lowest BCUT2D eigenvalue weighted by molar-refractivity contribution is -0.120. The Labute approximate surface area is 190 Å². The summed E-state index contributed by atoms with van der Waals surface area (Å²) in [6.07, 6.45) is 0. The molecule has 0 aliphatic carbocycles. The number of carbonyl (C=O) groups is 2. The second kappa shape index (κ2) is 7.73. The molecular formula is C25H19ClN2O4. The van der Waals surface area contributed by atoms with E-state index in [4.69, 9.17) is 21.1 Å². The van der Waals surface area contributed by atoms with Gasteiger partial charge in [-0.25, -0.2) is 4.90 Å². The first-order valence-corrected chi connectivity index (χ1v) is 10.4. The topological polar surface area (TPSA) is 67.9 Å². The van der Waals surface area contributed by atoms with Gasteiger partial charge < -0.3 is 14.8 Å². The van der Waals surface area contributed by atoms with Gasteiger partial charge in [0.25, 0.3) is 11.8 Å². The van der Waals surface area contributed by atoms with Crippen molar-refractivity contribution in [3.63, 3.8) is 0 Å². The van der Waals surface area contributed by atoms with Crippen molar-refractivity contribution in [3.05, 3.63) is 88.1 Å². The first-order chi connectivity index (χ1) is 15.4. The van der Waals surface area contributed by atoms with Gasteiger partial charge >= 0.3 is 0 Å². The van der Waals surface area contributed by atoms with Crippen molar-refractivity contribution in [1.29, 1.82) is 0 Å². The molecule has 2 aliphatic heterocycles. The molecule has 0 unspecified atom stereocenters. The van der Waals surface area contributed by atoms with E-state index in [0.717, 1.165) is 11.1 Å². The lowest BCUT2D eigenvalue weighted by Crippen LogP contribution is -2.33. The molecule has 0 spiro atoms. The highest BCUT2D eigenvalue weighted by atomic mass is 35.5. The number of aryl methyl sites for hydroxylation is 1. The minimum atomic E-state index is -0.425. The van der Waals surface area contributed by atoms with Crippen molar-refractivity contribution in [1.82, 2.24) is 0 Å². The summed E-state index contributed by atoms with van der Waals surface area (Å²) in [4.78, 5) is 28.4. The van der Waals surface area contributed by atoms with E-state index in [2.05, 4.69) is 5.32 Å². The van der Waals surface area contributed by atoms with Crippen LogP contribution in [0.3, 0.4) is 0 Å². The summed E-state index contributed by atoms with van der Waals surface area (Å²) >= 11 is 6.05. The fraction of sp³-hybridized carbons (Fsp3) is 0.120. The molecule has 1 N–H and O–H groups in total. The van der Waals surface area contributed by atoms with Crippen molar-refractivity contribution < 1.29 is 19.1 Å². The van der Waals surface area contributed by atoms with Gasteiger partial charge in [-0.05, 0) is 60.9 Å². The predicted molar refractivity (Wildman–Crippen MR) is 123 cm³/mol. The number of carbonyl (C=O) groups excluding carboxylic acids is 2. The molecule has 6 nitrogen and oxygen atoms in total. The van der Waals surface area contributed by atoms with Crippen molar-refractivity contribution >= 4 is 40.4 Å². The van der Waals surface area contributed by atoms with Crippen LogP contribution in [0.2, 0.25) is 5.02 Å². The largest absolute Gasteiger partial charge is 0.454 e. The average molecular weight is 447 g/mol. The van der Waals surface area contributed by atoms with E-state index in [1.54, 1.807) is 48.5 Å². The summed E-state index contributed by atoms with van der Waals surface area (Å²) in [7, 11) is 0. The Morgan fingerprint density at radius 1 is 0.906 bits per heavy atom. The van der Waals surface area contributed by atoms with Gasteiger partial charge in [-0.2, -0.15) is 0 Å². The van der Waals surface area contributed by atoms with Crippen molar-refractivity contribution in [3.8, 4) is 11.5 Å². The fourth-order valence-corrected chi connectivity index (χ4v) is 3.97. The van der Waals surface area contributed by atoms with Crippen molar-refractivity contribution in [2.45, 2.75) is 13.8 Å². The number of hydrogen-bond acceptors (Lipinski definition) is 5. The summed E-state index contributed by atoms with van der Waals surface area (Å²) in [6.45, 7) is 3.99. The van der Waals surface area contributed by atoms with E-state index in [9.17, 15) is 9.59 Å². The molecule has 3 aromatic rings. The van der Waals surface area contributed by atoms with E-state index in [1.807, 2.05) is 26.0 Å². The molecule has 0 saturated heterocycles. The van der Waals surface area contributed by atoms with Crippen LogP contribution in [0.1, 0.15) is 16.7 Å². The fourth-order valence-electron chi connectivity index (χ4n) is 3.85. The molecule has 5 rings (SSSR count). The molecule has 0 radical (unpaired) electrons. The van der Waals surface area contributed by atoms with E-state index in [0.29, 0.717) is 33.5 Å². The van der Waals surface area contributed by atoms with Gasteiger partial charge in [-0.3, -0.25) is 9.59 Å². The molecular weight excluding hydrogens is 428 g/mol. The highest BCUT2D eigenvalue weighted by molar-refractivity contribution is 6.46. The zero-order valence-electron chi connectivity index (χ0n) is 17.4. The SMILES string of the molecule is Cc1cccc(N2C(=O)C(Nc3ccc4c(c3)OCO4)=C(c3ccc(Cl)cc3)C2=O)c1C. The number of fused-ring (bicyclic) bond motifs is 1. The van der Waals surface area contributed by atoms with Crippen LogP contribution in [0.5, 0.6) is 11.5 Å². The van der Waals surface area contributed by atoms with Gasteiger partial charge in [0.05, 0.1) is 11.3 Å². The molecule has 0 atom stereocenters. The van der Waals surface area contributed by atoms with Crippen LogP contribution in [0.25, 0.3) is 5.57 Å². The summed E-state index contributed by atoms with van der Waals surface area (Å²) < 4.78 is 10.8. The van der Waals surface area contributed by atoms with Crippen LogP contribution in [-0.4, -0.2) is 18.6 Å². The maximum absolute atomic E-state index is 13.6. The first-order valence-electron chi connectivity index (χ1n) is 10.1. The Bertz CT molecular complexity index is 1300. The van der Waals surface area contributed by atoms with Crippen LogP contribution in [0, 0.1) is 13.8 Å². The van der Waals surface area contributed by atoms with Crippen LogP contribution in [0.15, 0.2) is 66.4 Å². The minimum Gasteiger partial charge on any atom is -0.454 e. The van der Waals surface area contributed by atoms with Crippen LogP contribution < -0.4 is 19.7 Å². The molecule has 3 aromatic carbocycles. The van der Waals surface area contributed by atoms with Gasteiger partial charge in [0.2, 0.25) is 6.79 Å². The summed E-state index contributed by atoms with van der Waals surface area (Å²) in [5, 5.41) is 3.69. The number of rotatable bonds is 4. The quantitative estimate of drug-likeness (QED) is 0.566. The third-order valence-electron chi connectivity index (χ3n) is 5.68. The number of hydrogen-bond donors (Lipinski definition) is 1. The lowest BCUT2D eigenvalue weighted by Gasteiger charge is -2.19. The smallest absolute Gasteiger partial charge is 0.282 e. The molecule has 2 heterocycles. The Kier molecular flexibility index (Phi) is 4.87. The Morgan fingerprint density at radius 3 is 2.44 bits per heavy atom. The number of benzene rings is 3. The monoisotopic (exact) mass is 446 g/mol. The Balaban J connectivity index is 1.62. The summed E-state index contributed by atoms with van der Waals surface area (Å²) in [5.74, 6) is 0.390. The van der Waals surface area contributed by atoms with Gasteiger partial charge in [-0.15, -0.1) is 0 Å². The maximum atomic E-state index is 13.6. The standard InChI is InChI=1S/C25H19ClN2O4/c1-14-4-3-5-19(15(14)2)28-24(29)22(16-6-8-17(26)9-7-16)23(25(28)30)27-18-10-11-20-21(12-18)32-13-31-20/h3-12,27H,13H2,1-2H3. The third-order valence-corrected chi connectivity index (χ3v) is 5.93. The highest BCUT2D eigenvalue weighted by Crippen LogP contribution is 2.38. The number of nitrogens with one attached hydrogen (secondary N) is 1. The molecule has 0 bridgehead atoms. The molecule has 7 heteroatoms. The van der Waals surface area contributed by atoms with E-state index in [1.165, 1.54) is 4.90 Å². The molecule has 2 amide bonds. The zero-order valence-corrected chi connectivity index (χ0v) is 18.2. The summed E-state index contributed by atoms with van der Waals surface area (Å²) in [6, 6.07) is 17.7. The normalized spacial score (nSPS) is 15.0. The van der Waals surface area contributed by atoms with E-state index >= 15 is 0 Å². The molecule has 0 fully saturated rings. The minimum absolute atomic E-state index is 0.148. The van der Waals surface area contributed by atoms with Crippen LogP contribution in [0.4, 0.5) is 11.4 Å². The molecule has 0 aromatic heterocycles. The third kappa shape index (κ3) is 3.29. The number of ether oxygens (including phenoxy) is 2. The van der Waals surface area contributed by atoms with Crippen molar-refractivity contribution in [2.24, 2.45) is 0 Å². The molecule has 32 heavy (non-hydrogen) atoms. The maximum Gasteiger partial charge on any atom is 0.282 e. The molecule has 0 saturated carbocycles. The first kappa shape index (κ1) is 20.2.